The maximum absolute atomic E-state index is 11.8. The molecule has 7 nitrogen and oxygen atoms in total. The van der Waals surface area contributed by atoms with Crippen LogP contribution in [0.2, 0.25) is 0 Å². The van der Waals surface area contributed by atoms with Gasteiger partial charge in [0.2, 0.25) is 5.91 Å². The number of carboxylic acids is 1. The van der Waals surface area contributed by atoms with Gasteiger partial charge in [-0.2, -0.15) is 0 Å². The van der Waals surface area contributed by atoms with Gasteiger partial charge in [0.15, 0.2) is 5.69 Å². The van der Waals surface area contributed by atoms with E-state index in [-0.39, 0.29) is 18.1 Å². The van der Waals surface area contributed by atoms with Gasteiger partial charge < -0.3 is 10.0 Å². The number of rotatable bonds is 3. The van der Waals surface area contributed by atoms with E-state index in [1.54, 1.807) is 4.90 Å². The molecule has 90 valence electrons. The van der Waals surface area contributed by atoms with E-state index in [0.717, 1.165) is 6.42 Å². The van der Waals surface area contributed by atoms with Crippen LogP contribution in [0.15, 0.2) is 18.3 Å². The molecule has 0 spiro atoms. The highest BCUT2D eigenvalue weighted by molar-refractivity contribution is 5.84. The van der Waals surface area contributed by atoms with Crippen LogP contribution in [-0.2, 0) is 11.3 Å². The average Bonchev–Trinajstić information content (AvgIpc) is 2.79. The van der Waals surface area contributed by atoms with Crippen molar-refractivity contribution in [1.29, 1.82) is 0 Å². The molecule has 2 rings (SSSR count). The lowest BCUT2D eigenvalue weighted by Crippen LogP contribution is -2.36. The highest BCUT2D eigenvalue weighted by Crippen LogP contribution is 2.03. The van der Waals surface area contributed by atoms with Crippen molar-refractivity contribution < 1.29 is 14.7 Å². The van der Waals surface area contributed by atoms with Gasteiger partial charge in [0.1, 0.15) is 6.54 Å². The molecule has 0 aromatic carbocycles. The van der Waals surface area contributed by atoms with Gasteiger partial charge in [-0.05, 0) is 6.42 Å². The molecule has 0 saturated heterocycles. The minimum Gasteiger partial charge on any atom is -0.476 e. The van der Waals surface area contributed by atoms with Gasteiger partial charge in [0.25, 0.3) is 0 Å². The Hall–Kier alpha value is -2.18. The monoisotopic (exact) mass is 236 g/mol. The average molecular weight is 236 g/mol. The van der Waals surface area contributed by atoms with Crippen LogP contribution in [0.5, 0.6) is 0 Å². The Balaban J connectivity index is 1.97. The minimum absolute atomic E-state index is 0.0219. The van der Waals surface area contributed by atoms with E-state index in [1.165, 1.54) is 10.9 Å². The van der Waals surface area contributed by atoms with E-state index in [1.807, 2.05) is 12.2 Å². The Labute approximate surface area is 97.3 Å². The number of aromatic carboxylic acids is 1. The van der Waals surface area contributed by atoms with Crippen molar-refractivity contribution in [2.24, 2.45) is 0 Å². The highest BCUT2D eigenvalue weighted by Gasteiger charge is 2.16. The summed E-state index contributed by atoms with van der Waals surface area (Å²) in [5.41, 5.74) is -0.156. The Morgan fingerprint density at radius 2 is 2.24 bits per heavy atom. The summed E-state index contributed by atoms with van der Waals surface area (Å²) >= 11 is 0. The Bertz CT molecular complexity index is 466. The van der Waals surface area contributed by atoms with Crippen LogP contribution >= 0.6 is 0 Å². The molecular weight excluding hydrogens is 224 g/mol. The van der Waals surface area contributed by atoms with E-state index >= 15 is 0 Å². The molecule has 17 heavy (non-hydrogen) atoms. The Morgan fingerprint density at radius 3 is 2.82 bits per heavy atom. The first kappa shape index (κ1) is 11.3. The summed E-state index contributed by atoms with van der Waals surface area (Å²) in [5.74, 6) is -1.24. The molecule has 1 amide bonds. The molecule has 0 fully saturated rings. The molecule has 1 aromatic rings. The van der Waals surface area contributed by atoms with Crippen molar-refractivity contribution in [2.75, 3.05) is 13.1 Å². The van der Waals surface area contributed by atoms with Crippen LogP contribution in [0.25, 0.3) is 0 Å². The van der Waals surface area contributed by atoms with Crippen LogP contribution in [-0.4, -0.2) is 50.0 Å². The van der Waals surface area contributed by atoms with Gasteiger partial charge in [-0.25, -0.2) is 9.48 Å². The molecule has 2 heterocycles. The third-order valence-corrected chi connectivity index (χ3v) is 2.47. The van der Waals surface area contributed by atoms with Crippen molar-refractivity contribution in [1.82, 2.24) is 19.9 Å². The van der Waals surface area contributed by atoms with Gasteiger partial charge in [0.05, 0.1) is 6.20 Å². The molecule has 1 N–H and O–H groups in total. The number of amides is 1. The Kier molecular flexibility index (Phi) is 3.17. The zero-order valence-electron chi connectivity index (χ0n) is 9.11. The van der Waals surface area contributed by atoms with Crippen molar-refractivity contribution in [3.8, 4) is 0 Å². The number of hydrogen-bond acceptors (Lipinski definition) is 4. The van der Waals surface area contributed by atoms with Crippen LogP contribution in [0.3, 0.4) is 0 Å². The normalized spacial score (nSPS) is 14.9. The summed E-state index contributed by atoms with van der Waals surface area (Å²) in [6.07, 6.45) is 6.07. The van der Waals surface area contributed by atoms with E-state index in [2.05, 4.69) is 10.3 Å². The second kappa shape index (κ2) is 4.77. The van der Waals surface area contributed by atoms with E-state index in [9.17, 15) is 9.59 Å². The smallest absolute Gasteiger partial charge is 0.358 e. The minimum atomic E-state index is -1.15. The molecule has 1 aliphatic rings. The van der Waals surface area contributed by atoms with E-state index in [0.29, 0.717) is 13.1 Å². The molecule has 0 unspecified atom stereocenters. The standard InChI is InChI=1S/C10H12N4O3/c15-9(13-4-2-1-3-5-13)7-14-6-8(10(16)17)11-12-14/h1-2,6H,3-5,7H2,(H,16,17). The van der Waals surface area contributed by atoms with Crippen molar-refractivity contribution in [3.63, 3.8) is 0 Å². The predicted octanol–water partition coefficient (Wildman–Crippen LogP) is -0.235. The topological polar surface area (TPSA) is 88.3 Å². The van der Waals surface area contributed by atoms with Gasteiger partial charge in [0, 0.05) is 13.1 Å². The summed E-state index contributed by atoms with van der Waals surface area (Å²) in [6.45, 7) is 1.31. The number of carbonyl (C=O) groups excluding carboxylic acids is 1. The fourth-order valence-electron chi connectivity index (χ4n) is 1.58. The molecular formula is C10H12N4O3. The van der Waals surface area contributed by atoms with Gasteiger partial charge in [-0.1, -0.05) is 17.4 Å². The number of aromatic nitrogens is 3. The second-order valence-corrected chi connectivity index (χ2v) is 3.71. The maximum Gasteiger partial charge on any atom is 0.358 e. The largest absolute Gasteiger partial charge is 0.476 e. The summed E-state index contributed by atoms with van der Waals surface area (Å²) < 4.78 is 1.24. The van der Waals surface area contributed by atoms with Crippen molar-refractivity contribution in [3.05, 3.63) is 24.0 Å². The quantitative estimate of drug-likeness (QED) is 0.732. The SMILES string of the molecule is O=C(O)c1cn(CC(=O)N2CC=CCC2)nn1. The number of carbonyl (C=O) groups is 2. The lowest BCUT2D eigenvalue weighted by atomic mass is 10.2. The third kappa shape index (κ3) is 2.68. The fourth-order valence-corrected chi connectivity index (χ4v) is 1.58. The molecule has 0 saturated carbocycles. The molecule has 0 bridgehead atoms. The summed E-state index contributed by atoms with van der Waals surface area (Å²) in [5, 5.41) is 15.7. The first-order valence-electron chi connectivity index (χ1n) is 5.23. The van der Waals surface area contributed by atoms with Crippen LogP contribution in [0.1, 0.15) is 16.9 Å². The highest BCUT2D eigenvalue weighted by atomic mass is 16.4. The van der Waals surface area contributed by atoms with Crippen LogP contribution < -0.4 is 0 Å². The first-order valence-corrected chi connectivity index (χ1v) is 5.23. The Morgan fingerprint density at radius 1 is 1.41 bits per heavy atom. The van der Waals surface area contributed by atoms with Gasteiger partial charge in [-0.3, -0.25) is 4.79 Å². The molecule has 7 heteroatoms. The number of nitrogens with zero attached hydrogens (tertiary/aromatic N) is 4. The molecule has 1 aromatic heterocycles. The molecule has 0 aliphatic carbocycles. The second-order valence-electron chi connectivity index (χ2n) is 3.71. The van der Waals surface area contributed by atoms with Crippen molar-refractivity contribution in [2.45, 2.75) is 13.0 Å². The lowest BCUT2D eigenvalue weighted by molar-refractivity contribution is -0.131. The van der Waals surface area contributed by atoms with Crippen LogP contribution in [0, 0.1) is 0 Å². The van der Waals surface area contributed by atoms with Crippen molar-refractivity contribution >= 4 is 11.9 Å². The molecule has 0 radical (unpaired) electrons. The van der Waals surface area contributed by atoms with Crippen LogP contribution in [0.4, 0.5) is 0 Å². The van der Waals surface area contributed by atoms with Gasteiger partial charge >= 0.3 is 5.97 Å². The molecule has 1 aliphatic heterocycles. The molecule has 0 atom stereocenters. The summed E-state index contributed by atoms with van der Waals surface area (Å²) in [7, 11) is 0. The maximum atomic E-state index is 11.8. The number of hydrogen-bond donors (Lipinski definition) is 1. The van der Waals surface area contributed by atoms with E-state index in [4.69, 9.17) is 5.11 Å². The van der Waals surface area contributed by atoms with Gasteiger partial charge in [-0.15, -0.1) is 5.10 Å². The third-order valence-electron chi connectivity index (χ3n) is 2.47. The summed E-state index contributed by atoms with van der Waals surface area (Å²) in [6, 6.07) is 0. The number of carboxylic acid groups (broad SMARTS) is 1. The predicted molar refractivity (Wildman–Crippen MR) is 57.3 cm³/mol. The zero-order chi connectivity index (χ0) is 12.3. The van der Waals surface area contributed by atoms with E-state index < -0.39 is 5.97 Å². The zero-order valence-corrected chi connectivity index (χ0v) is 9.11. The summed E-state index contributed by atoms with van der Waals surface area (Å²) in [4.78, 5) is 24.1. The fraction of sp³-hybridized carbons (Fsp3) is 0.400. The first-order chi connectivity index (χ1) is 8.16. The lowest BCUT2D eigenvalue weighted by Gasteiger charge is -2.23.